The third-order valence-corrected chi connectivity index (χ3v) is 11.3. The number of hydrogen-bond acceptors (Lipinski definition) is 4. The Balaban J connectivity index is 1.24. The Bertz CT molecular complexity index is 859. The van der Waals surface area contributed by atoms with Crippen LogP contribution < -0.4 is 0 Å². The fourth-order valence-corrected chi connectivity index (χ4v) is 10.1. The molecule has 1 heterocycles. The third kappa shape index (κ3) is 3.76. The van der Waals surface area contributed by atoms with Gasteiger partial charge in [-0.2, -0.15) is 10.4 Å². The molecule has 0 saturated heterocycles. The molecule has 0 radical (unpaired) electrons. The number of aromatic nitrogens is 2. The summed E-state index contributed by atoms with van der Waals surface area (Å²) >= 11 is 1.99. The normalized spacial score (nSPS) is 46.6. The van der Waals surface area contributed by atoms with Gasteiger partial charge in [-0.15, -0.1) is 11.8 Å². The van der Waals surface area contributed by atoms with Gasteiger partial charge in [0.15, 0.2) is 0 Å². The number of nitriles is 1. The molecule has 4 saturated carbocycles. The van der Waals surface area contributed by atoms with E-state index in [0.29, 0.717) is 16.4 Å². The number of fused-ring (bicyclic) bond motifs is 5. The lowest BCUT2D eigenvalue weighted by molar-refractivity contribution is -0.137. The van der Waals surface area contributed by atoms with Gasteiger partial charge in [-0.05, 0) is 111 Å². The summed E-state index contributed by atoms with van der Waals surface area (Å²) in [5.74, 6) is 6.43. The average Bonchev–Trinajstić information content (AvgIpc) is 3.31. The zero-order valence-corrected chi connectivity index (χ0v) is 20.3. The number of hydrogen-bond donors (Lipinski definition) is 1. The summed E-state index contributed by atoms with van der Waals surface area (Å²) in [6.07, 6.45) is 15.1. The van der Waals surface area contributed by atoms with Crippen LogP contribution in [0, 0.1) is 51.8 Å². The van der Waals surface area contributed by atoms with Gasteiger partial charge in [0.2, 0.25) is 0 Å². The first-order valence-corrected chi connectivity index (χ1v) is 13.6. The molecule has 0 aromatic carbocycles. The molecule has 4 aliphatic carbocycles. The Morgan fingerprint density at radius 3 is 2.65 bits per heavy atom. The highest BCUT2D eigenvalue weighted by Gasteiger charge is 2.59. The highest BCUT2D eigenvalue weighted by molar-refractivity contribution is 7.98. The number of nitrogens with zero attached hydrogens (tertiary/aromatic N) is 3. The molecule has 4 fully saturated rings. The lowest BCUT2D eigenvalue weighted by Crippen LogP contribution is -2.54. The topological polar surface area (TPSA) is 61.8 Å². The molecule has 0 aliphatic heterocycles. The van der Waals surface area contributed by atoms with E-state index in [1.54, 1.807) is 6.20 Å². The van der Waals surface area contributed by atoms with Crippen LogP contribution in [0.5, 0.6) is 0 Å². The van der Waals surface area contributed by atoms with Crippen LogP contribution in [0.1, 0.15) is 84.1 Å². The van der Waals surface area contributed by atoms with Crippen LogP contribution in [0.2, 0.25) is 0 Å². The van der Waals surface area contributed by atoms with Crippen molar-refractivity contribution in [3.05, 3.63) is 18.0 Å². The maximum Gasteiger partial charge on any atom is 0.102 e. The van der Waals surface area contributed by atoms with Gasteiger partial charge in [0.25, 0.3) is 0 Å². The minimum Gasteiger partial charge on any atom is -0.390 e. The van der Waals surface area contributed by atoms with E-state index in [-0.39, 0.29) is 0 Å². The molecule has 4 nitrogen and oxygen atoms in total. The molecule has 4 aliphatic rings. The SMILES string of the molecule is C[C@@]1(O)CC[C@@H]2[C@H]3CC[C@]4(C)[C@@H](CSCn5cc(C#N)cn5)CC[C@H]4[C@@H]3CC[C@]2(C)C1. The molecule has 5 heteroatoms. The average molecular weight is 442 g/mol. The van der Waals surface area contributed by atoms with E-state index in [1.807, 2.05) is 22.6 Å². The molecule has 1 aromatic rings. The van der Waals surface area contributed by atoms with Gasteiger partial charge < -0.3 is 5.11 Å². The van der Waals surface area contributed by atoms with E-state index in [0.717, 1.165) is 48.3 Å². The summed E-state index contributed by atoms with van der Waals surface area (Å²) in [5, 5.41) is 24.1. The minimum absolute atomic E-state index is 0.358. The zero-order chi connectivity index (χ0) is 21.9. The van der Waals surface area contributed by atoms with Gasteiger partial charge in [-0.1, -0.05) is 13.8 Å². The molecular formula is C26H39N3OS. The third-order valence-electron chi connectivity index (χ3n) is 10.2. The summed E-state index contributed by atoms with van der Waals surface area (Å²) in [5.41, 5.74) is 1.07. The van der Waals surface area contributed by atoms with E-state index in [9.17, 15) is 5.11 Å². The van der Waals surface area contributed by atoms with Crippen LogP contribution in [-0.4, -0.2) is 26.2 Å². The van der Waals surface area contributed by atoms with E-state index in [2.05, 4.69) is 31.9 Å². The number of rotatable bonds is 4. The van der Waals surface area contributed by atoms with Gasteiger partial charge in [0.1, 0.15) is 6.07 Å². The molecule has 0 spiro atoms. The van der Waals surface area contributed by atoms with E-state index < -0.39 is 5.60 Å². The largest absolute Gasteiger partial charge is 0.390 e. The van der Waals surface area contributed by atoms with Gasteiger partial charge in [0, 0.05) is 6.20 Å². The lowest BCUT2D eigenvalue weighted by Gasteiger charge is -2.60. The molecule has 1 aromatic heterocycles. The van der Waals surface area contributed by atoms with Crippen molar-refractivity contribution in [3.8, 4) is 6.07 Å². The van der Waals surface area contributed by atoms with E-state index >= 15 is 0 Å². The summed E-state index contributed by atoms with van der Waals surface area (Å²) in [6, 6.07) is 2.17. The summed E-state index contributed by atoms with van der Waals surface area (Å²) in [4.78, 5) is 0. The van der Waals surface area contributed by atoms with Crippen molar-refractivity contribution in [3.63, 3.8) is 0 Å². The summed E-state index contributed by atoms with van der Waals surface area (Å²) < 4.78 is 1.91. The smallest absolute Gasteiger partial charge is 0.102 e. The lowest BCUT2D eigenvalue weighted by atomic mass is 9.45. The number of aliphatic hydroxyl groups is 1. The van der Waals surface area contributed by atoms with Crippen LogP contribution >= 0.6 is 11.8 Å². The van der Waals surface area contributed by atoms with Gasteiger partial charge in [0.05, 0.1) is 23.2 Å². The van der Waals surface area contributed by atoms with Crippen molar-refractivity contribution in [2.45, 2.75) is 90.0 Å². The Morgan fingerprint density at radius 1 is 1.10 bits per heavy atom. The predicted octanol–water partition coefficient (Wildman–Crippen LogP) is 5.86. The quantitative estimate of drug-likeness (QED) is 0.636. The Morgan fingerprint density at radius 2 is 1.87 bits per heavy atom. The molecular weight excluding hydrogens is 402 g/mol. The highest BCUT2D eigenvalue weighted by Crippen LogP contribution is 2.67. The van der Waals surface area contributed by atoms with E-state index in [4.69, 9.17) is 5.26 Å². The second-order valence-corrected chi connectivity index (χ2v) is 13.1. The van der Waals surface area contributed by atoms with Crippen LogP contribution in [0.15, 0.2) is 12.4 Å². The monoisotopic (exact) mass is 441 g/mol. The maximum atomic E-state index is 10.8. The Hall–Kier alpha value is -0.990. The van der Waals surface area contributed by atoms with Crippen molar-refractivity contribution in [1.82, 2.24) is 9.78 Å². The Labute approximate surface area is 192 Å². The van der Waals surface area contributed by atoms with Crippen molar-refractivity contribution in [2.24, 2.45) is 40.4 Å². The van der Waals surface area contributed by atoms with Gasteiger partial charge in [-0.25, -0.2) is 0 Å². The van der Waals surface area contributed by atoms with Crippen LogP contribution in [0.25, 0.3) is 0 Å². The minimum atomic E-state index is -0.445. The first-order chi connectivity index (χ1) is 14.7. The van der Waals surface area contributed by atoms with Crippen molar-refractivity contribution >= 4 is 11.8 Å². The molecule has 170 valence electrons. The molecule has 0 amide bonds. The van der Waals surface area contributed by atoms with Crippen molar-refractivity contribution < 1.29 is 5.11 Å². The zero-order valence-electron chi connectivity index (χ0n) is 19.5. The number of thioether (sulfide) groups is 1. The van der Waals surface area contributed by atoms with E-state index in [1.165, 1.54) is 50.7 Å². The molecule has 1 N–H and O–H groups in total. The molecule has 0 bridgehead atoms. The standard InChI is InChI=1S/C26H39N3OS/c1-24-9-6-21-20(22(24)8-10-25(2,30)16-24)7-11-26(3)19(4-5-23(21)26)15-31-17-29-14-18(12-27)13-28-29/h13-14,19-23,30H,4-11,15-17H2,1-3H3/t19-,20+,21-,22-,23+,24-,25-,26-/m1/s1. The van der Waals surface area contributed by atoms with Crippen LogP contribution in [0.4, 0.5) is 0 Å². The van der Waals surface area contributed by atoms with Crippen LogP contribution in [0.3, 0.4) is 0 Å². The maximum absolute atomic E-state index is 10.8. The molecule has 0 unspecified atom stereocenters. The second kappa shape index (κ2) is 7.80. The highest BCUT2D eigenvalue weighted by atomic mass is 32.2. The van der Waals surface area contributed by atoms with Gasteiger partial charge in [-0.3, -0.25) is 4.68 Å². The predicted molar refractivity (Wildman–Crippen MR) is 125 cm³/mol. The molecule has 8 atom stereocenters. The van der Waals surface area contributed by atoms with Crippen molar-refractivity contribution in [2.75, 3.05) is 5.75 Å². The fourth-order valence-electron chi connectivity index (χ4n) is 8.80. The molecule has 31 heavy (non-hydrogen) atoms. The van der Waals surface area contributed by atoms with Crippen LogP contribution in [-0.2, 0) is 5.88 Å². The van der Waals surface area contributed by atoms with Gasteiger partial charge >= 0.3 is 0 Å². The summed E-state index contributed by atoms with van der Waals surface area (Å²) in [6.45, 7) is 7.19. The summed E-state index contributed by atoms with van der Waals surface area (Å²) in [7, 11) is 0. The first kappa shape index (κ1) is 21.8. The fraction of sp³-hybridized carbons (Fsp3) is 0.846. The second-order valence-electron chi connectivity index (χ2n) is 12.1. The van der Waals surface area contributed by atoms with Crippen molar-refractivity contribution in [1.29, 1.82) is 5.26 Å². The Kier molecular flexibility index (Phi) is 5.50. The molecule has 5 rings (SSSR count). The first-order valence-electron chi connectivity index (χ1n) is 12.5.